The number of benzene rings is 1. The Bertz CT molecular complexity index is 298. The molecule has 0 aliphatic heterocycles. The average Bonchev–Trinajstić information content (AvgIpc) is 2.37. The molecule has 1 aromatic rings. The van der Waals surface area contributed by atoms with Gasteiger partial charge in [-0.25, -0.2) is 0 Å². The van der Waals surface area contributed by atoms with Crippen molar-refractivity contribution in [1.82, 2.24) is 0 Å². The molecule has 0 amide bonds. The van der Waals surface area contributed by atoms with Gasteiger partial charge < -0.3 is 0 Å². The predicted octanol–water partition coefficient (Wildman–Crippen LogP) is 2.12. The number of hydrogen-bond donors (Lipinski definition) is 0. The van der Waals surface area contributed by atoms with Gasteiger partial charge in [-0.2, -0.15) is 0 Å². The van der Waals surface area contributed by atoms with Crippen LogP contribution in [0.5, 0.6) is 0 Å². The molecule has 0 aliphatic rings. The monoisotopic (exact) mass is 424 g/mol. The largest absolute Gasteiger partial charge is 0 e. The summed E-state index contributed by atoms with van der Waals surface area (Å²) in [5.74, 6) is 0. The molecule has 0 radical (unpaired) electrons. The van der Waals surface area contributed by atoms with Crippen LogP contribution in [0.3, 0.4) is 0 Å². The predicted molar refractivity (Wildman–Crippen MR) is 61.2 cm³/mol. The Morgan fingerprint density at radius 1 is 0.765 bits per heavy atom. The Morgan fingerprint density at radius 2 is 1.06 bits per heavy atom. The minimum Gasteiger partial charge on any atom is 0 e. The second-order valence-electron chi connectivity index (χ2n) is 3.62. The Balaban J connectivity index is -0.000000106. The molecule has 0 fully saturated rings. The van der Waals surface area contributed by atoms with E-state index in [4.69, 9.17) is 14.0 Å². The Labute approximate surface area is 121 Å². The van der Waals surface area contributed by atoms with E-state index in [-0.39, 0.29) is 21.1 Å². The van der Waals surface area contributed by atoms with Crippen molar-refractivity contribution in [3.63, 3.8) is 0 Å². The molecule has 0 unspecified atom stereocenters. The molecule has 90 valence electrons. The van der Waals surface area contributed by atoms with Crippen LogP contribution in [0, 0.1) is 20.0 Å². The van der Waals surface area contributed by atoms with Crippen LogP contribution in [0.2, 0.25) is 14.8 Å². The van der Waals surface area contributed by atoms with E-state index in [1.807, 2.05) is 0 Å². The van der Waals surface area contributed by atoms with Gasteiger partial charge in [-0.05, 0) is 0 Å². The summed E-state index contributed by atoms with van der Waals surface area (Å²) < 4.78 is 24.1. The first-order valence-corrected chi connectivity index (χ1v) is 14.3. The third-order valence-corrected chi connectivity index (χ3v) is 7.53. The Kier molecular flexibility index (Phi) is 27.7. The standard InChI is InChI=1S/C6H5.3CO.3CH3.Mo.Sn/c1-2-4-6-5-3-1;3*1-2;;;;;/h1-5H;;;;3*1H3;;. The normalized spacial score (nSPS) is 7.12. The van der Waals surface area contributed by atoms with Crippen molar-refractivity contribution in [2.75, 3.05) is 0 Å². The van der Waals surface area contributed by atoms with Gasteiger partial charge in [0, 0.05) is 21.1 Å². The van der Waals surface area contributed by atoms with Crippen molar-refractivity contribution in [3.05, 3.63) is 50.3 Å². The molecule has 0 atom stereocenters. The molecule has 0 saturated carbocycles. The quantitative estimate of drug-likeness (QED) is 0.379. The third kappa shape index (κ3) is 15.9. The van der Waals surface area contributed by atoms with Crippen molar-refractivity contribution in [1.29, 1.82) is 0 Å². The van der Waals surface area contributed by atoms with E-state index in [0.717, 1.165) is 0 Å². The molecular formula is C12H14MoO3Sn. The van der Waals surface area contributed by atoms with Crippen molar-refractivity contribution < 1.29 is 35.0 Å². The van der Waals surface area contributed by atoms with Gasteiger partial charge in [0.2, 0.25) is 0 Å². The van der Waals surface area contributed by atoms with Crippen molar-refractivity contribution in [2.24, 2.45) is 0 Å². The smallest absolute Gasteiger partial charge is 0 e. The van der Waals surface area contributed by atoms with Crippen molar-refractivity contribution in [2.45, 2.75) is 14.8 Å². The molecule has 0 N–H and O–H groups in total. The zero-order chi connectivity index (χ0) is 13.6. The summed E-state index contributed by atoms with van der Waals surface area (Å²) in [6, 6.07) is 10.9. The maximum Gasteiger partial charge on any atom is 0 e. The summed E-state index contributed by atoms with van der Waals surface area (Å²) in [4.78, 5) is 7.30. The van der Waals surface area contributed by atoms with E-state index in [1.165, 1.54) is 0 Å². The fourth-order valence-corrected chi connectivity index (χ4v) is 4.34. The van der Waals surface area contributed by atoms with Crippen LogP contribution in [0.1, 0.15) is 0 Å². The van der Waals surface area contributed by atoms with Gasteiger partial charge in [0.15, 0.2) is 0 Å². The number of rotatable bonds is 1. The first-order valence-electron chi connectivity index (χ1n) is 4.27. The molecule has 0 heterocycles. The molecule has 0 spiro atoms. The van der Waals surface area contributed by atoms with E-state index >= 15 is 0 Å². The molecule has 1 rings (SSSR count). The van der Waals surface area contributed by atoms with E-state index in [2.05, 4.69) is 65.1 Å². The van der Waals surface area contributed by atoms with Crippen LogP contribution in [0.25, 0.3) is 0 Å². The zero-order valence-corrected chi connectivity index (χ0v) is 14.9. The Hall–Kier alpha value is -0.0730. The average molecular weight is 421 g/mol. The Morgan fingerprint density at radius 3 is 1.24 bits per heavy atom. The van der Waals surface area contributed by atoms with Crippen molar-refractivity contribution in [3.8, 4) is 0 Å². The zero-order valence-electron chi connectivity index (χ0n) is 10.0. The van der Waals surface area contributed by atoms with Gasteiger partial charge in [0.25, 0.3) is 0 Å². The van der Waals surface area contributed by atoms with Crippen LogP contribution < -0.4 is 3.58 Å². The minimum absolute atomic E-state index is 0. The van der Waals surface area contributed by atoms with E-state index < -0.39 is 18.4 Å². The molecule has 0 saturated heterocycles. The second-order valence-corrected chi connectivity index (χ2v) is 18.1. The van der Waals surface area contributed by atoms with Crippen LogP contribution in [0.4, 0.5) is 0 Å². The first kappa shape index (κ1) is 25.7. The SMILES string of the molecule is [C-]#[O+].[C-]#[O+].[C-]#[O+].[CH3][Sn]([CH3])([CH3])[c]1ccccc1.[Mo]. The summed E-state index contributed by atoms with van der Waals surface area (Å²) in [5, 5.41) is 0. The molecule has 5 heteroatoms. The fourth-order valence-electron chi connectivity index (χ4n) is 0.938. The topological polar surface area (TPSA) is 59.7 Å². The minimum atomic E-state index is -1.71. The van der Waals surface area contributed by atoms with Gasteiger partial charge in [-0.15, -0.1) is 0 Å². The molecule has 0 bridgehead atoms. The summed E-state index contributed by atoms with van der Waals surface area (Å²) in [7, 11) is 0. The van der Waals surface area contributed by atoms with E-state index in [9.17, 15) is 0 Å². The third-order valence-electron chi connectivity index (χ3n) is 1.64. The summed E-state index contributed by atoms with van der Waals surface area (Å²) in [5.41, 5.74) is 0. The molecule has 17 heavy (non-hydrogen) atoms. The van der Waals surface area contributed by atoms with Gasteiger partial charge in [-0.1, -0.05) is 0 Å². The van der Waals surface area contributed by atoms with Crippen LogP contribution in [-0.2, 0) is 35.0 Å². The van der Waals surface area contributed by atoms with E-state index in [0.29, 0.717) is 0 Å². The van der Waals surface area contributed by atoms with Gasteiger partial charge in [0.1, 0.15) is 0 Å². The fraction of sp³-hybridized carbons (Fsp3) is 0.250. The van der Waals surface area contributed by atoms with Gasteiger partial charge in [0.05, 0.1) is 0 Å². The maximum absolute atomic E-state index is 7.50. The summed E-state index contributed by atoms with van der Waals surface area (Å²) in [6.07, 6.45) is 0. The van der Waals surface area contributed by atoms with Crippen LogP contribution in [-0.4, -0.2) is 18.4 Å². The number of hydrogen-bond acceptors (Lipinski definition) is 0. The second kappa shape index (κ2) is 18.3. The van der Waals surface area contributed by atoms with Crippen LogP contribution in [0.15, 0.2) is 30.3 Å². The molecule has 1 aromatic carbocycles. The summed E-state index contributed by atoms with van der Waals surface area (Å²) in [6.45, 7) is 13.5. The summed E-state index contributed by atoms with van der Waals surface area (Å²) >= 11 is -1.71. The molecule has 0 aliphatic carbocycles. The van der Waals surface area contributed by atoms with Gasteiger partial charge in [-0.3, -0.25) is 0 Å². The van der Waals surface area contributed by atoms with Crippen molar-refractivity contribution >= 4 is 22.0 Å². The van der Waals surface area contributed by atoms with Gasteiger partial charge >= 0.3 is 101 Å². The van der Waals surface area contributed by atoms with E-state index in [1.54, 1.807) is 3.58 Å². The maximum atomic E-state index is 7.50. The molecule has 3 nitrogen and oxygen atoms in total. The molecule has 0 aromatic heterocycles. The molecular weight excluding hydrogens is 407 g/mol. The van der Waals surface area contributed by atoms with Crippen LogP contribution >= 0.6 is 0 Å². The first-order chi connectivity index (χ1) is 7.61.